The molecule has 1 aliphatic heterocycles. The first-order valence-corrected chi connectivity index (χ1v) is 7.07. The van der Waals surface area contributed by atoms with Crippen molar-refractivity contribution in [3.05, 3.63) is 0 Å². The van der Waals surface area contributed by atoms with Crippen LogP contribution in [0, 0.1) is 11.8 Å². The molecule has 0 spiro atoms. The van der Waals surface area contributed by atoms with E-state index in [9.17, 15) is 0 Å². The molecule has 1 fully saturated rings. The molecule has 2 nitrogen and oxygen atoms in total. The molecule has 1 rings (SSSR count). The van der Waals surface area contributed by atoms with Crippen molar-refractivity contribution in [3.8, 4) is 0 Å². The van der Waals surface area contributed by atoms with Crippen molar-refractivity contribution in [1.82, 2.24) is 10.2 Å². The monoisotopic (exact) mass is 226 g/mol. The summed E-state index contributed by atoms with van der Waals surface area (Å²) in [4.78, 5) is 2.69. The number of nitrogens with one attached hydrogen (secondary N) is 1. The van der Waals surface area contributed by atoms with Crippen LogP contribution in [-0.2, 0) is 0 Å². The summed E-state index contributed by atoms with van der Waals surface area (Å²) >= 11 is 0. The van der Waals surface area contributed by atoms with Crippen molar-refractivity contribution >= 4 is 0 Å². The lowest BCUT2D eigenvalue weighted by Gasteiger charge is -2.44. The third-order valence-corrected chi connectivity index (χ3v) is 4.41. The summed E-state index contributed by atoms with van der Waals surface area (Å²) in [6.45, 7) is 15.3. The molecule has 1 N–H and O–H groups in total. The van der Waals surface area contributed by atoms with Crippen LogP contribution in [0.1, 0.15) is 47.5 Å². The molecule has 96 valence electrons. The first-order chi connectivity index (χ1) is 7.60. The van der Waals surface area contributed by atoms with Gasteiger partial charge in [-0.3, -0.25) is 0 Å². The van der Waals surface area contributed by atoms with Gasteiger partial charge in [0.05, 0.1) is 0 Å². The molecule has 0 aliphatic carbocycles. The molecule has 4 atom stereocenters. The van der Waals surface area contributed by atoms with Crippen molar-refractivity contribution in [2.24, 2.45) is 11.8 Å². The first kappa shape index (κ1) is 14.0. The Morgan fingerprint density at radius 3 is 2.56 bits per heavy atom. The van der Waals surface area contributed by atoms with Gasteiger partial charge in [0, 0.05) is 18.6 Å². The summed E-state index contributed by atoms with van der Waals surface area (Å²) in [6.07, 6.45) is 2.62. The molecule has 1 aliphatic rings. The van der Waals surface area contributed by atoms with Gasteiger partial charge >= 0.3 is 0 Å². The van der Waals surface area contributed by atoms with Crippen LogP contribution in [0.3, 0.4) is 0 Å². The average molecular weight is 226 g/mol. The minimum absolute atomic E-state index is 0.729. The van der Waals surface area contributed by atoms with E-state index in [1.807, 2.05) is 0 Å². The van der Waals surface area contributed by atoms with E-state index in [1.165, 1.54) is 25.9 Å². The molecular weight excluding hydrogens is 196 g/mol. The highest BCUT2D eigenvalue weighted by molar-refractivity contribution is 4.88. The summed E-state index contributed by atoms with van der Waals surface area (Å²) in [5, 5.41) is 3.63. The zero-order valence-corrected chi connectivity index (χ0v) is 11.8. The maximum Gasteiger partial charge on any atom is 0.0120 e. The van der Waals surface area contributed by atoms with E-state index < -0.39 is 0 Å². The molecule has 1 heterocycles. The molecular formula is C14H30N2. The average Bonchev–Trinajstić information content (AvgIpc) is 2.28. The molecule has 0 aromatic carbocycles. The lowest BCUT2D eigenvalue weighted by Crippen LogP contribution is -2.54. The van der Waals surface area contributed by atoms with E-state index in [1.54, 1.807) is 0 Å². The maximum absolute atomic E-state index is 3.63. The lowest BCUT2D eigenvalue weighted by molar-refractivity contribution is 0.0725. The lowest BCUT2D eigenvalue weighted by atomic mass is 9.86. The molecule has 1 saturated heterocycles. The van der Waals surface area contributed by atoms with E-state index in [2.05, 4.69) is 44.8 Å². The van der Waals surface area contributed by atoms with Gasteiger partial charge in [0.15, 0.2) is 0 Å². The number of hydrogen-bond donors (Lipinski definition) is 1. The largest absolute Gasteiger partial charge is 0.314 e. The second kappa shape index (κ2) is 6.61. The summed E-state index contributed by atoms with van der Waals surface area (Å²) in [5.41, 5.74) is 0. The fourth-order valence-electron chi connectivity index (χ4n) is 2.78. The van der Waals surface area contributed by atoms with Gasteiger partial charge in [-0.1, -0.05) is 34.1 Å². The van der Waals surface area contributed by atoms with Gasteiger partial charge in [-0.2, -0.15) is 0 Å². The van der Waals surface area contributed by atoms with Crippen LogP contribution in [-0.4, -0.2) is 36.6 Å². The van der Waals surface area contributed by atoms with E-state index in [0.717, 1.165) is 30.5 Å². The van der Waals surface area contributed by atoms with Crippen molar-refractivity contribution in [2.45, 2.75) is 59.5 Å². The number of piperidine rings is 1. The number of hydrogen-bond acceptors (Lipinski definition) is 2. The molecule has 4 unspecified atom stereocenters. The van der Waals surface area contributed by atoms with Gasteiger partial charge in [0.1, 0.15) is 0 Å². The Bertz CT molecular complexity index is 193. The van der Waals surface area contributed by atoms with Crippen molar-refractivity contribution in [1.29, 1.82) is 0 Å². The normalized spacial score (nSPS) is 33.9. The highest BCUT2D eigenvalue weighted by Crippen LogP contribution is 2.24. The Labute approximate surface area is 102 Å². The quantitative estimate of drug-likeness (QED) is 0.775. The Hall–Kier alpha value is -0.0800. The van der Waals surface area contributed by atoms with E-state index in [4.69, 9.17) is 0 Å². The van der Waals surface area contributed by atoms with Crippen LogP contribution in [0.4, 0.5) is 0 Å². The SMILES string of the molecule is CCNC1CCN(CC(C)CC)C(C)C1C. The van der Waals surface area contributed by atoms with Gasteiger partial charge < -0.3 is 10.2 Å². The fraction of sp³-hybridized carbons (Fsp3) is 1.00. The second-order valence-electron chi connectivity index (χ2n) is 5.56. The molecule has 0 aromatic rings. The van der Waals surface area contributed by atoms with Crippen LogP contribution >= 0.6 is 0 Å². The third-order valence-electron chi connectivity index (χ3n) is 4.41. The van der Waals surface area contributed by atoms with Crippen LogP contribution < -0.4 is 5.32 Å². The number of nitrogens with zero attached hydrogens (tertiary/aromatic N) is 1. The van der Waals surface area contributed by atoms with Crippen molar-refractivity contribution < 1.29 is 0 Å². The zero-order valence-electron chi connectivity index (χ0n) is 11.8. The van der Waals surface area contributed by atoms with Crippen molar-refractivity contribution in [3.63, 3.8) is 0 Å². The maximum atomic E-state index is 3.63. The highest BCUT2D eigenvalue weighted by Gasteiger charge is 2.31. The van der Waals surface area contributed by atoms with Gasteiger partial charge in [-0.15, -0.1) is 0 Å². The van der Waals surface area contributed by atoms with Crippen LogP contribution in [0.25, 0.3) is 0 Å². The summed E-state index contributed by atoms with van der Waals surface area (Å²) in [5.74, 6) is 1.61. The van der Waals surface area contributed by atoms with E-state index in [-0.39, 0.29) is 0 Å². The van der Waals surface area contributed by atoms with Gasteiger partial charge in [0.2, 0.25) is 0 Å². The fourth-order valence-corrected chi connectivity index (χ4v) is 2.78. The summed E-state index contributed by atoms with van der Waals surface area (Å²) in [7, 11) is 0. The highest BCUT2D eigenvalue weighted by atomic mass is 15.2. The summed E-state index contributed by atoms with van der Waals surface area (Å²) < 4.78 is 0. The Morgan fingerprint density at radius 1 is 1.31 bits per heavy atom. The standard InChI is InChI=1S/C14H30N2/c1-6-11(3)10-16-9-8-14(15-7-2)12(4)13(16)5/h11-15H,6-10H2,1-5H3. The molecule has 16 heavy (non-hydrogen) atoms. The van der Waals surface area contributed by atoms with Crippen LogP contribution in [0.15, 0.2) is 0 Å². The topological polar surface area (TPSA) is 15.3 Å². The zero-order chi connectivity index (χ0) is 12.1. The van der Waals surface area contributed by atoms with E-state index in [0.29, 0.717) is 0 Å². The summed E-state index contributed by atoms with van der Waals surface area (Å²) in [6, 6.07) is 1.46. The van der Waals surface area contributed by atoms with Crippen LogP contribution in [0.5, 0.6) is 0 Å². The van der Waals surface area contributed by atoms with E-state index >= 15 is 0 Å². The first-order valence-electron chi connectivity index (χ1n) is 7.07. The molecule has 2 heteroatoms. The second-order valence-corrected chi connectivity index (χ2v) is 5.56. The van der Waals surface area contributed by atoms with Gasteiger partial charge in [-0.05, 0) is 38.3 Å². The van der Waals surface area contributed by atoms with Gasteiger partial charge in [-0.25, -0.2) is 0 Å². The third kappa shape index (κ3) is 3.46. The predicted octanol–water partition coefficient (Wildman–Crippen LogP) is 2.74. The molecule has 0 saturated carbocycles. The van der Waals surface area contributed by atoms with Crippen LogP contribution in [0.2, 0.25) is 0 Å². The smallest absolute Gasteiger partial charge is 0.0120 e. The molecule has 0 radical (unpaired) electrons. The Morgan fingerprint density at radius 2 is 2.00 bits per heavy atom. The Balaban J connectivity index is 2.47. The number of rotatable bonds is 5. The predicted molar refractivity (Wildman–Crippen MR) is 71.7 cm³/mol. The minimum Gasteiger partial charge on any atom is -0.314 e. The minimum atomic E-state index is 0.729. The molecule has 0 aromatic heterocycles. The van der Waals surface area contributed by atoms with Gasteiger partial charge in [0.25, 0.3) is 0 Å². The molecule has 0 amide bonds. The van der Waals surface area contributed by atoms with Crippen molar-refractivity contribution in [2.75, 3.05) is 19.6 Å². The number of likely N-dealkylation sites (tertiary alicyclic amines) is 1. The molecule has 0 bridgehead atoms. The Kier molecular flexibility index (Phi) is 5.77.